The highest BCUT2D eigenvalue weighted by molar-refractivity contribution is 7.98. The number of aromatic nitrogens is 6. The summed E-state index contributed by atoms with van der Waals surface area (Å²) in [6.45, 7) is 3.92. The predicted octanol–water partition coefficient (Wildman–Crippen LogP) is 2.82. The van der Waals surface area contributed by atoms with Gasteiger partial charge in [-0.25, -0.2) is 14.5 Å². The van der Waals surface area contributed by atoms with Crippen molar-refractivity contribution in [2.24, 2.45) is 0 Å². The van der Waals surface area contributed by atoms with Gasteiger partial charge in [0.25, 0.3) is 11.3 Å². The fraction of sp³-hybridized carbons (Fsp3) is 0.353. The van der Waals surface area contributed by atoms with Crippen molar-refractivity contribution in [3.8, 4) is 0 Å². The molecule has 1 aliphatic carbocycles. The van der Waals surface area contributed by atoms with Crippen molar-refractivity contribution in [3.05, 3.63) is 44.1 Å². The van der Waals surface area contributed by atoms with Crippen LogP contribution in [0, 0.1) is 13.8 Å². The maximum absolute atomic E-state index is 12.5. The van der Waals surface area contributed by atoms with Crippen molar-refractivity contribution in [2.75, 3.05) is 0 Å². The van der Waals surface area contributed by atoms with E-state index in [9.17, 15) is 4.79 Å². The second kappa shape index (κ2) is 5.88. The Morgan fingerprint density at radius 1 is 1.27 bits per heavy atom. The van der Waals surface area contributed by atoms with Gasteiger partial charge in [0.05, 0.1) is 11.1 Å². The van der Waals surface area contributed by atoms with Gasteiger partial charge in [-0.05, 0) is 44.7 Å². The molecule has 0 fully saturated rings. The van der Waals surface area contributed by atoms with Crippen LogP contribution < -0.4 is 5.56 Å². The molecule has 0 aromatic carbocycles. The summed E-state index contributed by atoms with van der Waals surface area (Å²) in [7, 11) is 0. The molecule has 4 aromatic rings. The lowest BCUT2D eigenvalue weighted by atomic mass is 10.2. The van der Waals surface area contributed by atoms with Gasteiger partial charge in [-0.1, -0.05) is 11.8 Å². The minimum Gasteiger partial charge on any atom is -0.309 e. The van der Waals surface area contributed by atoms with Gasteiger partial charge in [0.1, 0.15) is 10.7 Å². The molecule has 7 nitrogen and oxygen atoms in total. The van der Waals surface area contributed by atoms with E-state index in [2.05, 4.69) is 25.0 Å². The van der Waals surface area contributed by atoms with E-state index in [1.807, 2.05) is 19.9 Å². The van der Waals surface area contributed by atoms with E-state index in [4.69, 9.17) is 0 Å². The summed E-state index contributed by atoms with van der Waals surface area (Å²) in [5.41, 5.74) is 3.09. The molecule has 0 saturated carbocycles. The smallest absolute Gasteiger partial charge is 0.259 e. The van der Waals surface area contributed by atoms with Crippen LogP contribution in [-0.2, 0) is 18.6 Å². The van der Waals surface area contributed by atoms with Crippen LogP contribution in [0.25, 0.3) is 16.0 Å². The molecule has 132 valence electrons. The largest absolute Gasteiger partial charge is 0.309 e. The molecule has 4 heterocycles. The average Bonchev–Trinajstić information content (AvgIpc) is 3.25. The number of nitrogens with zero attached hydrogens (tertiary/aromatic N) is 5. The minimum atomic E-state index is -0.0268. The Balaban J connectivity index is 1.45. The SMILES string of the molecule is Cc1cc(C)n2nc(SCc3nc4sc5c(c4c(=O)[nH]3)CCC5)nc2n1. The summed E-state index contributed by atoms with van der Waals surface area (Å²) >= 11 is 3.11. The molecule has 0 aliphatic heterocycles. The first kappa shape index (κ1) is 16.0. The maximum atomic E-state index is 12.5. The zero-order valence-electron chi connectivity index (χ0n) is 14.4. The molecule has 26 heavy (non-hydrogen) atoms. The highest BCUT2D eigenvalue weighted by Crippen LogP contribution is 2.34. The summed E-state index contributed by atoms with van der Waals surface area (Å²) in [5.74, 6) is 1.77. The van der Waals surface area contributed by atoms with E-state index in [-0.39, 0.29) is 5.56 Å². The number of fused-ring (bicyclic) bond motifs is 4. The van der Waals surface area contributed by atoms with Crippen molar-refractivity contribution >= 4 is 39.1 Å². The Morgan fingerprint density at radius 2 is 2.15 bits per heavy atom. The van der Waals surface area contributed by atoms with Crippen molar-refractivity contribution in [2.45, 2.75) is 44.0 Å². The Kier molecular flexibility index (Phi) is 3.61. The molecule has 5 rings (SSSR count). The number of thiophene rings is 1. The van der Waals surface area contributed by atoms with E-state index in [1.165, 1.54) is 22.2 Å². The second-order valence-electron chi connectivity index (χ2n) is 6.48. The van der Waals surface area contributed by atoms with Crippen LogP contribution in [0.15, 0.2) is 16.0 Å². The molecule has 0 saturated heterocycles. The Bertz CT molecular complexity index is 1220. The normalized spacial score (nSPS) is 13.8. The lowest BCUT2D eigenvalue weighted by Gasteiger charge is -1.99. The maximum Gasteiger partial charge on any atom is 0.259 e. The number of nitrogens with one attached hydrogen (secondary N) is 1. The number of aryl methyl sites for hydroxylation is 4. The minimum absolute atomic E-state index is 0.0268. The van der Waals surface area contributed by atoms with Crippen molar-refractivity contribution in [3.63, 3.8) is 0 Å². The van der Waals surface area contributed by atoms with Gasteiger partial charge >= 0.3 is 0 Å². The summed E-state index contributed by atoms with van der Waals surface area (Å²) in [5, 5.41) is 5.90. The van der Waals surface area contributed by atoms with E-state index in [0.717, 1.165) is 40.9 Å². The third kappa shape index (κ3) is 2.53. The Morgan fingerprint density at radius 3 is 3.04 bits per heavy atom. The fourth-order valence-corrected chi connectivity index (χ4v) is 5.43. The lowest BCUT2D eigenvalue weighted by molar-refractivity contribution is 0.842. The van der Waals surface area contributed by atoms with Crippen LogP contribution in [-0.4, -0.2) is 29.5 Å². The van der Waals surface area contributed by atoms with Gasteiger partial charge in [-0.3, -0.25) is 4.79 Å². The van der Waals surface area contributed by atoms with Crippen LogP contribution >= 0.6 is 23.1 Å². The average molecular weight is 384 g/mol. The van der Waals surface area contributed by atoms with Crippen molar-refractivity contribution in [1.82, 2.24) is 29.5 Å². The van der Waals surface area contributed by atoms with Crippen molar-refractivity contribution < 1.29 is 0 Å². The van der Waals surface area contributed by atoms with Gasteiger partial charge in [0.2, 0.25) is 5.16 Å². The number of hydrogen-bond acceptors (Lipinski definition) is 7. The molecule has 0 radical (unpaired) electrons. The van der Waals surface area contributed by atoms with Gasteiger partial charge in [0, 0.05) is 16.3 Å². The summed E-state index contributed by atoms with van der Waals surface area (Å²) in [6.07, 6.45) is 3.20. The topological polar surface area (TPSA) is 88.8 Å². The number of thioether (sulfide) groups is 1. The van der Waals surface area contributed by atoms with Crippen LogP contribution in [0.3, 0.4) is 0 Å². The Hall–Kier alpha value is -2.26. The molecule has 0 unspecified atom stereocenters. The van der Waals surface area contributed by atoms with E-state index in [0.29, 0.717) is 22.5 Å². The first-order valence-electron chi connectivity index (χ1n) is 8.46. The summed E-state index contributed by atoms with van der Waals surface area (Å²) < 4.78 is 1.73. The lowest BCUT2D eigenvalue weighted by Crippen LogP contribution is -2.11. The van der Waals surface area contributed by atoms with Crippen LogP contribution in [0.1, 0.15) is 34.1 Å². The van der Waals surface area contributed by atoms with E-state index < -0.39 is 0 Å². The molecule has 0 amide bonds. The molecule has 0 atom stereocenters. The van der Waals surface area contributed by atoms with Gasteiger partial charge in [-0.2, -0.15) is 4.98 Å². The summed E-state index contributed by atoms with van der Waals surface area (Å²) in [6, 6.07) is 1.97. The molecule has 0 spiro atoms. The predicted molar refractivity (Wildman–Crippen MR) is 102 cm³/mol. The zero-order chi connectivity index (χ0) is 17.8. The van der Waals surface area contributed by atoms with Gasteiger partial charge in [0.15, 0.2) is 0 Å². The molecule has 0 bridgehead atoms. The molecule has 1 aliphatic rings. The highest BCUT2D eigenvalue weighted by atomic mass is 32.2. The fourth-order valence-electron chi connectivity index (χ4n) is 3.46. The van der Waals surface area contributed by atoms with Crippen molar-refractivity contribution in [1.29, 1.82) is 0 Å². The van der Waals surface area contributed by atoms with E-state index in [1.54, 1.807) is 15.9 Å². The first-order chi connectivity index (χ1) is 12.6. The first-order valence-corrected chi connectivity index (χ1v) is 10.3. The molecule has 9 heteroatoms. The number of aromatic amines is 1. The molecular weight excluding hydrogens is 368 g/mol. The zero-order valence-corrected chi connectivity index (χ0v) is 16.0. The highest BCUT2D eigenvalue weighted by Gasteiger charge is 2.21. The molecule has 1 N–H and O–H groups in total. The second-order valence-corrected chi connectivity index (χ2v) is 8.51. The monoisotopic (exact) mass is 384 g/mol. The van der Waals surface area contributed by atoms with Crippen LogP contribution in [0.2, 0.25) is 0 Å². The van der Waals surface area contributed by atoms with Gasteiger partial charge < -0.3 is 4.98 Å². The van der Waals surface area contributed by atoms with Crippen LogP contribution in [0.4, 0.5) is 0 Å². The quantitative estimate of drug-likeness (QED) is 0.547. The number of hydrogen-bond donors (Lipinski definition) is 1. The van der Waals surface area contributed by atoms with Crippen LogP contribution in [0.5, 0.6) is 0 Å². The Labute approximate surface area is 156 Å². The number of H-pyrrole nitrogens is 1. The van der Waals surface area contributed by atoms with Gasteiger partial charge in [-0.15, -0.1) is 16.4 Å². The third-order valence-corrected chi connectivity index (χ3v) is 6.60. The summed E-state index contributed by atoms with van der Waals surface area (Å²) in [4.78, 5) is 31.1. The third-order valence-electron chi connectivity index (χ3n) is 4.56. The van der Waals surface area contributed by atoms with E-state index >= 15 is 0 Å². The number of rotatable bonds is 3. The molecular formula is C17H16N6OS2. The molecule has 4 aromatic heterocycles. The standard InChI is InChI=1S/C17H16N6OS2/c1-8-6-9(2)23-16(18-8)21-17(22-23)25-7-12-19-14(24)13-10-4-3-5-11(10)26-15(13)20-12/h6H,3-5,7H2,1-2H3,(H,19,20,24).